The highest BCUT2D eigenvalue weighted by molar-refractivity contribution is 5.65. The summed E-state index contributed by atoms with van der Waals surface area (Å²) in [6, 6.07) is 12.6. The molecular formula is C20H22FN5. The van der Waals surface area contributed by atoms with Crippen LogP contribution in [0.25, 0.3) is 0 Å². The molecule has 0 fully saturated rings. The zero-order valence-corrected chi connectivity index (χ0v) is 15.0. The Balaban J connectivity index is 1.74. The van der Waals surface area contributed by atoms with E-state index in [1.165, 1.54) is 23.3 Å². The molecule has 2 N–H and O–H groups in total. The zero-order chi connectivity index (χ0) is 18.4. The third kappa shape index (κ3) is 4.33. The minimum absolute atomic E-state index is 0.251. The topological polar surface area (TPSA) is 62.7 Å². The maximum Gasteiger partial charge on any atom is 0.244 e. The molecule has 0 aliphatic heterocycles. The average molecular weight is 351 g/mol. The van der Waals surface area contributed by atoms with Gasteiger partial charge in [0, 0.05) is 12.2 Å². The molecule has 5 nitrogen and oxygen atoms in total. The number of rotatable bonds is 7. The summed E-state index contributed by atoms with van der Waals surface area (Å²) in [5, 5.41) is 14.5. The summed E-state index contributed by atoms with van der Waals surface area (Å²) in [6.07, 6.45) is 3.48. The molecule has 3 aromatic rings. The smallest absolute Gasteiger partial charge is 0.244 e. The van der Waals surface area contributed by atoms with Gasteiger partial charge in [-0.1, -0.05) is 44.2 Å². The molecule has 0 spiro atoms. The number of anilines is 3. The number of para-hydroxylation sites is 1. The SMILES string of the molecule is CCc1cccc(CC)c1Nc1cnnc(NCc2ccc(F)cc2)n1. The first-order valence-electron chi connectivity index (χ1n) is 8.75. The first-order chi connectivity index (χ1) is 12.7. The van der Waals surface area contributed by atoms with Crippen LogP contribution in [0.4, 0.5) is 21.8 Å². The molecule has 6 heteroatoms. The molecule has 0 aliphatic rings. The van der Waals surface area contributed by atoms with Crippen LogP contribution in [-0.4, -0.2) is 15.2 Å². The van der Waals surface area contributed by atoms with E-state index in [2.05, 4.69) is 57.9 Å². The summed E-state index contributed by atoms with van der Waals surface area (Å²) in [4.78, 5) is 4.48. The molecule has 3 rings (SSSR count). The van der Waals surface area contributed by atoms with Crippen LogP contribution >= 0.6 is 0 Å². The minimum Gasteiger partial charge on any atom is -0.349 e. The minimum atomic E-state index is -0.251. The van der Waals surface area contributed by atoms with Gasteiger partial charge in [-0.2, -0.15) is 10.1 Å². The van der Waals surface area contributed by atoms with Crippen molar-refractivity contribution in [2.24, 2.45) is 0 Å². The molecule has 1 aromatic heterocycles. The number of aromatic nitrogens is 3. The van der Waals surface area contributed by atoms with Crippen LogP contribution in [0.3, 0.4) is 0 Å². The maximum atomic E-state index is 13.0. The summed E-state index contributed by atoms with van der Waals surface area (Å²) < 4.78 is 13.0. The first kappa shape index (κ1) is 17.8. The van der Waals surface area contributed by atoms with E-state index in [4.69, 9.17) is 0 Å². The second-order valence-corrected chi connectivity index (χ2v) is 5.93. The quantitative estimate of drug-likeness (QED) is 0.657. The van der Waals surface area contributed by atoms with Crippen molar-refractivity contribution in [2.75, 3.05) is 10.6 Å². The second-order valence-electron chi connectivity index (χ2n) is 5.93. The van der Waals surface area contributed by atoms with Crippen LogP contribution in [0.15, 0.2) is 48.7 Å². The van der Waals surface area contributed by atoms with Crippen molar-refractivity contribution in [2.45, 2.75) is 33.2 Å². The van der Waals surface area contributed by atoms with Crippen molar-refractivity contribution in [3.63, 3.8) is 0 Å². The number of hydrogen-bond donors (Lipinski definition) is 2. The molecule has 1 heterocycles. The van der Waals surface area contributed by atoms with Gasteiger partial charge in [-0.25, -0.2) is 4.39 Å². The molecule has 0 saturated carbocycles. The summed E-state index contributed by atoms with van der Waals surface area (Å²) in [5.74, 6) is 0.808. The standard InChI is InChI=1S/C20H22FN5/c1-3-15-6-5-7-16(4-2)19(15)24-18-13-23-26-20(25-18)22-12-14-8-10-17(21)11-9-14/h5-11,13H,3-4,12H2,1-2H3,(H2,22,24,25,26). The van der Waals surface area contributed by atoms with Crippen molar-refractivity contribution in [3.8, 4) is 0 Å². The van der Waals surface area contributed by atoms with Gasteiger partial charge in [0.2, 0.25) is 5.95 Å². The molecule has 26 heavy (non-hydrogen) atoms. The average Bonchev–Trinajstić information content (AvgIpc) is 2.68. The van der Waals surface area contributed by atoms with Crippen molar-refractivity contribution < 1.29 is 4.39 Å². The van der Waals surface area contributed by atoms with E-state index in [1.54, 1.807) is 18.3 Å². The van der Waals surface area contributed by atoms with E-state index in [1.807, 2.05) is 0 Å². The molecule has 0 radical (unpaired) electrons. The molecule has 2 aromatic carbocycles. The molecule has 134 valence electrons. The van der Waals surface area contributed by atoms with E-state index in [0.717, 1.165) is 24.1 Å². The largest absolute Gasteiger partial charge is 0.349 e. The van der Waals surface area contributed by atoms with E-state index in [-0.39, 0.29) is 5.82 Å². The van der Waals surface area contributed by atoms with Crippen LogP contribution < -0.4 is 10.6 Å². The highest BCUT2D eigenvalue weighted by Crippen LogP contribution is 2.25. The Kier molecular flexibility index (Phi) is 5.73. The van der Waals surface area contributed by atoms with Gasteiger partial charge in [0.1, 0.15) is 5.82 Å². The number of benzene rings is 2. The van der Waals surface area contributed by atoms with Gasteiger partial charge in [-0.15, -0.1) is 5.10 Å². The van der Waals surface area contributed by atoms with E-state index in [0.29, 0.717) is 18.3 Å². The Morgan fingerprint density at radius 2 is 1.65 bits per heavy atom. The van der Waals surface area contributed by atoms with Crippen LogP contribution in [0, 0.1) is 5.82 Å². The number of nitrogens with one attached hydrogen (secondary N) is 2. The Hall–Kier alpha value is -3.02. The zero-order valence-electron chi connectivity index (χ0n) is 15.0. The molecule has 0 bridgehead atoms. The number of aryl methyl sites for hydroxylation is 2. The lowest BCUT2D eigenvalue weighted by molar-refractivity contribution is 0.627. The van der Waals surface area contributed by atoms with Gasteiger partial charge >= 0.3 is 0 Å². The number of nitrogens with zero attached hydrogens (tertiary/aromatic N) is 3. The van der Waals surface area contributed by atoms with Gasteiger partial charge < -0.3 is 10.6 Å². The normalized spacial score (nSPS) is 10.6. The Bertz CT molecular complexity index is 842. The molecule has 0 saturated heterocycles. The molecule has 0 unspecified atom stereocenters. The predicted octanol–water partition coefficient (Wildman–Crippen LogP) is 4.49. The van der Waals surface area contributed by atoms with E-state index < -0.39 is 0 Å². The molecular weight excluding hydrogens is 329 g/mol. The molecule has 0 atom stereocenters. The fraction of sp³-hybridized carbons (Fsp3) is 0.250. The lowest BCUT2D eigenvalue weighted by Gasteiger charge is -2.15. The number of hydrogen-bond acceptors (Lipinski definition) is 5. The van der Waals surface area contributed by atoms with Crippen LogP contribution in [0.5, 0.6) is 0 Å². The molecule has 0 aliphatic carbocycles. The van der Waals surface area contributed by atoms with Crippen molar-refractivity contribution in [1.29, 1.82) is 0 Å². The summed E-state index contributed by atoms with van der Waals surface area (Å²) in [5.41, 5.74) is 4.51. The van der Waals surface area contributed by atoms with Crippen molar-refractivity contribution in [1.82, 2.24) is 15.2 Å². The number of halogens is 1. The summed E-state index contributed by atoms with van der Waals surface area (Å²) in [6.45, 7) is 4.76. The lowest BCUT2D eigenvalue weighted by Crippen LogP contribution is -2.07. The second kappa shape index (κ2) is 8.38. The summed E-state index contributed by atoms with van der Waals surface area (Å²) >= 11 is 0. The van der Waals surface area contributed by atoms with Gasteiger partial charge in [0.05, 0.1) is 6.20 Å². The van der Waals surface area contributed by atoms with Gasteiger partial charge in [-0.05, 0) is 41.7 Å². The monoisotopic (exact) mass is 351 g/mol. The first-order valence-corrected chi connectivity index (χ1v) is 8.75. The Morgan fingerprint density at radius 3 is 2.31 bits per heavy atom. The van der Waals surface area contributed by atoms with Crippen LogP contribution in [-0.2, 0) is 19.4 Å². The van der Waals surface area contributed by atoms with Crippen LogP contribution in [0.2, 0.25) is 0 Å². The van der Waals surface area contributed by atoms with Crippen molar-refractivity contribution in [3.05, 3.63) is 71.2 Å². The van der Waals surface area contributed by atoms with Crippen LogP contribution in [0.1, 0.15) is 30.5 Å². The highest BCUT2D eigenvalue weighted by atomic mass is 19.1. The van der Waals surface area contributed by atoms with Crippen molar-refractivity contribution >= 4 is 17.5 Å². The molecule has 0 amide bonds. The van der Waals surface area contributed by atoms with E-state index in [9.17, 15) is 4.39 Å². The maximum absolute atomic E-state index is 13.0. The third-order valence-electron chi connectivity index (χ3n) is 4.17. The fourth-order valence-electron chi connectivity index (χ4n) is 2.75. The Labute approximate surface area is 152 Å². The van der Waals surface area contributed by atoms with Gasteiger partial charge in [0.15, 0.2) is 5.82 Å². The van der Waals surface area contributed by atoms with Gasteiger partial charge in [-0.3, -0.25) is 0 Å². The Morgan fingerprint density at radius 1 is 0.962 bits per heavy atom. The van der Waals surface area contributed by atoms with E-state index >= 15 is 0 Å². The summed E-state index contributed by atoms with van der Waals surface area (Å²) in [7, 11) is 0. The fourth-order valence-corrected chi connectivity index (χ4v) is 2.75. The van der Waals surface area contributed by atoms with Gasteiger partial charge in [0.25, 0.3) is 0 Å². The lowest BCUT2D eigenvalue weighted by atomic mass is 10.0. The highest BCUT2D eigenvalue weighted by Gasteiger charge is 2.08. The predicted molar refractivity (Wildman–Crippen MR) is 102 cm³/mol. The third-order valence-corrected chi connectivity index (χ3v) is 4.17.